The maximum absolute atomic E-state index is 12.8. The van der Waals surface area contributed by atoms with Crippen LogP contribution in [-0.2, 0) is 16.1 Å². The van der Waals surface area contributed by atoms with E-state index in [1.165, 1.54) is 23.8 Å². The number of fused-ring (bicyclic) bond motifs is 1. The Labute approximate surface area is 186 Å². The van der Waals surface area contributed by atoms with Crippen molar-refractivity contribution in [3.63, 3.8) is 0 Å². The third-order valence-electron chi connectivity index (χ3n) is 4.57. The minimum Gasteiger partial charge on any atom is -0.465 e. The van der Waals surface area contributed by atoms with Gasteiger partial charge < -0.3 is 9.64 Å². The molecular weight excluding hydrogens is 470 g/mol. The first kappa shape index (κ1) is 22.0. The van der Waals surface area contributed by atoms with E-state index in [0.717, 1.165) is 4.47 Å². The van der Waals surface area contributed by atoms with Crippen molar-refractivity contribution in [3.05, 3.63) is 62.9 Å². The van der Waals surface area contributed by atoms with Crippen molar-refractivity contribution < 1.29 is 14.3 Å². The molecule has 0 unspecified atom stereocenters. The van der Waals surface area contributed by atoms with Crippen LogP contribution in [0.2, 0.25) is 0 Å². The molecule has 3 aromatic rings. The monoisotopic (exact) mass is 489 g/mol. The zero-order valence-electron chi connectivity index (χ0n) is 16.7. The second-order valence-corrected chi connectivity index (χ2v) is 8.21. The van der Waals surface area contributed by atoms with Crippen molar-refractivity contribution in [1.29, 1.82) is 0 Å². The third-order valence-corrected chi connectivity index (χ3v) is 6.02. The number of anilines is 1. The number of para-hydroxylation sites is 1. The molecule has 3 rings (SSSR count). The van der Waals surface area contributed by atoms with E-state index in [4.69, 9.17) is 4.74 Å². The van der Waals surface area contributed by atoms with Crippen LogP contribution in [0.15, 0.2) is 56.9 Å². The zero-order valence-corrected chi connectivity index (χ0v) is 19.1. The van der Waals surface area contributed by atoms with Gasteiger partial charge in [0.15, 0.2) is 5.16 Å². The van der Waals surface area contributed by atoms with Crippen LogP contribution in [0.4, 0.5) is 5.69 Å². The Morgan fingerprint density at radius 2 is 1.97 bits per heavy atom. The Hall–Kier alpha value is -2.65. The standard InChI is InChI=1S/C21H20BrN3O4S/c1-4-25-19(27)15-11-13(22)9-10-16(15)23-21(25)30-12-18(26)24(2)17-8-6-5-7-14(17)20(28)29-3/h5-11H,4,12H2,1-3H3. The van der Waals surface area contributed by atoms with E-state index in [1.807, 2.05) is 13.0 Å². The number of aromatic nitrogens is 2. The van der Waals surface area contributed by atoms with Crippen molar-refractivity contribution in [2.75, 3.05) is 24.8 Å². The molecule has 0 fully saturated rings. The van der Waals surface area contributed by atoms with Crippen LogP contribution in [0.5, 0.6) is 0 Å². The Bertz CT molecular complexity index is 1180. The topological polar surface area (TPSA) is 81.5 Å². The van der Waals surface area contributed by atoms with Gasteiger partial charge in [-0.25, -0.2) is 9.78 Å². The number of benzene rings is 2. The Morgan fingerprint density at radius 1 is 1.23 bits per heavy atom. The van der Waals surface area contributed by atoms with E-state index in [2.05, 4.69) is 20.9 Å². The first-order valence-corrected chi connectivity index (χ1v) is 10.9. The van der Waals surface area contributed by atoms with Crippen molar-refractivity contribution in [2.24, 2.45) is 0 Å². The second kappa shape index (κ2) is 9.44. The van der Waals surface area contributed by atoms with Crippen molar-refractivity contribution in [1.82, 2.24) is 9.55 Å². The highest BCUT2D eigenvalue weighted by Crippen LogP contribution is 2.24. The molecule has 0 N–H and O–H groups in total. The van der Waals surface area contributed by atoms with Gasteiger partial charge in [-0.2, -0.15) is 0 Å². The fraction of sp³-hybridized carbons (Fsp3) is 0.238. The number of methoxy groups -OCH3 is 1. The molecule has 0 saturated heterocycles. The summed E-state index contributed by atoms with van der Waals surface area (Å²) in [7, 11) is 2.90. The smallest absolute Gasteiger partial charge is 0.339 e. The normalized spacial score (nSPS) is 10.8. The van der Waals surface area contributed by atoms with Crippen molar-refractivity contribution in [2.45, 2.75) is 18.6 Å². The highest BCUT2D eigenvalue weighted by molar-refractivity contribution is 9.10. The number of hydrogen-bond donors (Lipinski definition) is 0. The highest BCUT2D eigenvalue weighted by atomic mass is 79.9. The molecule has 7 nitrogen and oxygen atoms in total. The summed E-state index contributed by atoms with van der Waals surface area (Å²) in [5.74, 6) is -0.690. The van der Waals surface area contributed by atoms with Crippen LogP contribution >= 0.6 is 27.7 Å². The van der Waals surface area contributed by atoms with Gasteiger partial charge in [0.2, 0.25) is 5.91 Å². The summed E-state index contributed by atoms with van der Waals surface area (Å²) in [4.78, 5) is 43.6. The summed E-state index contributed by atoms with van der Waals surface area (Å²) in [5.41, 5.74) is 1.19. The van der Waals surface area contributed by atoms with Crippen LogP contribution in [0.3, 0.4) is 0 Å². The quantitative estimate of drug-likeness (QED) is 0.298. The van der Waals surface area contributed by atoms with Crippen molar-refractivity contribution >= 4 is 56.2 Å². The predicted octanol–water partition coefficient (Wildman–Crippen LogP) is 3.72. The summed E-state index contributed by atoms with van der Waals surface area (Å²) in [6.45, 7) is 2.29. The first-order valence-electron chi connectivity index (χ1n) is 9.14. The fourth-order valence-electron chi connectivity index (χ4n) is 2.97. The Kier molecular flexibility index (Phi) is 6.94. The Balaban J connectivity index is 1.86. The van der Waals surface area contributed by atoms with Gasteiger partial charge in [0.25, 0.3) is 5.56 Å². The molecule has 0 aliphatic carbocycles. The molecule has 0 spiro atoms. The average Bonchev–Trinajstić information content (AvgIpc) is 2.77. The molecule has 156 valence electrons. The lowest BCUT2D eigenvalue weighted by molar-refractivity contribution is -0.115. The molecule has 1 amide bonds. The molecule has 30 heavy (non-hydrogen) atoms. The number of carbonyl (C=O) groups is 2. The van der Waals surface area contributed by atoms with E-state index in [1.54, 1.807) is 48.0 Å². The van der Waals surface area contributed by atoms with E-state index in [0.29, 0.717) is 33.9 Å². The second-order valence-electron chi connectivity index (χ2n) is 6.36. The Morgan fingerprint density at radius 3 is 2.67 bits per heavy atom. The number of esters is 1. The lowest BCUT2D eigenvalue weighted by Crippen LogP contribution is -2.30. The fourth-order valence-corrected chi connectivity index (χ4v) is 4.31. The number of amides is 1. The number of hydrogen-bond acceptors (Lipinski definition) is 6. The summed E-state index contributed by atoms with van der Waals surface area (Å²) < 4.78 is 7.15. The lowest BCUT2D eigenvalue weighted by atomic mass is 10.1. The molecule has 1 heterocycles. The van der Waals surface area contributed by atoms with E-state index < -0.39 is 5.97 Å². The molecule has 0 radical (unpaired) electrons. The van der Waals surface area contributed by atoms with Gasteiger partial charge in [0.1, 0.15) is 0 Å². The van der Waals surface area contributed by atoms with Gasteiger partial charge in [-0.3, -0.25) is 14.2 Å². The zero-order chi connectivity index (χ0) is 21.8. The van der Waals surface area contributed by atoms with Gasteiger partial charge in [-0.05, 0) is 37.3 Å². The number of carbonyl (C=O) groups excluding carboxylic acids is 2. The molecule has 1 aromatic heterocycles. The lowest BCUT2D eigenvalue weighted by Gasteiger charge is -2.20. The van der Waals surface area contributed by atoms with Gasteiger partial charge in [-0.1, -0.05) is 39.8 Å². The maximum Gasteiger partial charge on any atom is 0.339 e. The number of nitrogens with zero attached hydrogens (tertiary/aromatic N) is 3. The molecule has 0 aliphatic rings. The van der Waals surface area contributed by atoms with E-state index in [9.17, 15) is 14.4 Å². The van der Waals surface area contributed by atoms with Crippen LogP contribution in [0.25, 0.3) is 10.9 Å². The number of halogens is 1. The van der Waals surface area contributed by atoms with Crippen molar-refractivity contribution in [3.8, 4) is 0 Å². The third kappa shape index (κ3) is 4.41. The van der Waals surface area contributed by atoms with Crippen LogP contribution < -0.4 is 10.5 Å². The number of rotatable bonds is 6. The van der Waals surface area contributed by atoms with Gasteiger partial charge in [0, 0.05) is 18.1 Å². The largest absolute Gasteiger partial charge is 0.465 e. The van der Waals surface area contributed by atoms with E-state index in [-0.39, 0.29) is 17.2 Å². The summed E-state index contributed by atoms with van der Waals surface area (Å²) >= 11 is 4.57. The molecule has 0 bridgehead atoms. The number of thioether (sulfide) groups is 1. The van der Waals surface area contributed by atoms with Gasteiger partial charge in [0.05, 0.1) is 35.0 Å². The van der Waals surface area contributed by atoms with Crippen LogP contribution in [0, 0.1) is 0 Å². The van der Waals surface area contributed by atoms with Crippen LogP contribution in [-0.4, -0.2) is 41.3 Å². The predicted molar refractivity (Wildman–Crippen MR) is 121 cm³/mol. The maximum atomic E-state index is 12.8. The molecule has 2 aromatic carbocycles. The SMILES string of the molecule is CCn1c(SCC(=O)N(C)c2ccccc2C(=O)OC)nc2ccc(Br)cc2c1=O. The van der Waals surface area contributed by atoms with E-state index >= 15 is 0 Å². The summed E-state index contributed by atoms with van der Waals surface area (Å²) in [6.07, 6.45) is 0. The first-order chi connectivity index (χ1) is 14.4. The molecule has 0 aliphatic heterocycles. The summed E-state index contributed by atoms with van der Waals surface area (Å²) in [5, 5.41) is 0.992. The molecule has 9 heteroatoms. The van der Waals surface area contributed by atoms with Crippen LogP contribution in [0.1, 0.15) is 17.3 Å². The summed E-state index contributed by atoms with van der Waals surface area (Å²) in [6, 6.07) is 12.1. The molecule has 0 atom stereocenters. The number of ether oxygens (including phenoxy) is 1. The average molecular weight is 490 g/mol. The highest BCUT2D eigenvalue weighted by Gasteiger charge is 2.20. The molecular formula is C21H20BrN3O4S. The van der Waals surface area contributed by atoms with Gasteiger partial charge >= 0.3 is 5.97 Å². The minimum absolute atomic E-state index is 0.0560. The minimum atomic E-state index is -0.514. The molecule has 0 saturated carbocycles. The van der Waals surface area contributed by atoms with Gasteiger partial charge in [-0.15, -0.1) is 0 Å².